The molecule has 0 bridgehead atoms. The lowest BCUT2D eigenvalue weighted by atomic mass is 10.1. The van der Waals surface area contributed by atoms with Crippen LogP contribution in [0.5, 0.6) is 0 Å². The van der Waals surface area contributed by atoms with Gasteiger partial charge in [-0.2, -0.15) is 0 Å². The van der Waals surface area contributed by atoms with E-state index in [-0.39, 0.29) is 6.61 Å². The van der Waals surface area contributed by atoms with Crippen LogP contribution in [0.1, 0.15) is 28.4 Å². The van der Waals surface area contributed by atoms with Crippen LogP contribution in [0.2, 0.25) is 0 Å². The summed E-state index contributed by atoms with van der Waals surface area (Å²) in [5.74, 6) is -1.34. The van der Waals surface area contributed by atoms with Crippen LogP contribution in [0.4, 0.5) is 4.79 Å². The number of rotatable bonds is 4. The number of aryl methyl sites for hydroxylation is 2. The van der Waals surface area contributed by atoms with Crippen molar-refractivity contribution in [2.45, 2.75) is 20.8 Å². The number of alkyl carbamates (subject to hydrolysis) is 1. The molecule has 0 aromatic heterocycles. The Balaban J connectivity index is 2.51. The van der Waals surface area contributed by atoms with Crippen LogP contribution < -0.4 is 5.32 Å². The van der Waals surface area contributed by atoms with E-state index < -0.39 is 24.6 Å². The van der Waals surface area contributed by atoms with Crippen molar-refractivity contribution in [3.63, 3.8) is 0 Å². The molecule has 0 fully saturated rings. The molecule has 0 saturated heterocycles. The van der Waals surface area contributed by atoms with E-state index in [1.165, 1.54) is 0 Å². The Morgan fingerprint density at radius 2 is 1.85 bits per heavy atom. The summed E-state index contributed by atoms with van der Waals surface area (Å²) < 4.78 is 9.36. The molecule has 2 amide bonds. The van der Waals surface area contributed by atoms with Crippen molar-refractivity contribution in [3.05, 3.63) is 34.9 Å². The highest BCUT2D eigenvalue weighted by atomic mass is 16.6. The molecular formula is C14H17NO5. The number of amides is 2. The topological polar surface area (TPSA) is 81.7 Å². The lowest BCUT2D eigenvalue weighted by molar-refractivity contribution is -0.123. The first kappa shape index (κ1) is 15.7. The first-order valence-corrected chi connectivity index (χ1v) is 6.15. The van der Waals surface area contributed by atoms with Gasteiger partial charge in [-0.05, 0) is 32.4 Å². The molecule has 6 nitrogen and oxygen atoms in total. The van der Waals surface area contributed by atoms with Gasteiger partial charge in [0, 0.05) is 0 Å². The van der Waals surface area contributed by atoms with E-state index in [9.17, 15) is 14.4 Å². The van der Waals surface area contributed by atoms with E-state index >= 15 is 0 Å². The van der Waals surface area contributed by atoms with Gasteiger partial charge < -0.3 is 9.47 Å². The number of imide groups is 1. The lowest BCUT2D eigenvalue weighted by Crippen LogP contribution is -2.34. The fourth-order valence-corrected chi connectivity index (χ4v) is 1.57. The van der Waals surface area contributed by atoms with E-state index in [1.54, 1.807) is 26.0 Å². The zero-order valence-electron chi connectivity index (χ0n) is 11.7. The first-order valence-electron chi connectivity index (χ1n) is 6.15. The van der Waals surface area contributed by atoms with Crippen LogP contribution in [0.3, 0.4) is 0 Å². The molecule has 0 aliphatic carbocycles. The molecule has 20 heavy (non-hydrogen) atoms. The molecule has 0 saturated carbocycles. The number of ether oxygens (including phenoxy) is 2. The van der Waals surface area contributed by atoms with Gasteiger partial charge in [0.15, 0.2) is 6.61 Å². The first-order chi connectivity index (χ1) is 9.43. The number of carbonyl (C=O) groups is 3. The van der Waals surface area contributed by atoms with Crippen molar-refractivity contribution in [1.82, 2.24) is 5.32 Å². The number of benzene rings is 1. The van der Waals surface area contributed by atoms with Crippen LogP contribution in [0.25, 0.3) is 0 Å². The van der Waals surface area contributed by atoms with Crippen LogP contribution in [-0.2, 0) is 14.3 Å². The fourth-order valence-electron chi connectivity index (χ4n) is 1.57. The summed E-state index contributed by atoms with van der Waals surface area (Å²) in [4.78, 5) is 34.1. The van der Waals surface area contributed by atoms with E-state index in [0.29, 0.717) is 5.56 Å². The zero-order chi connectivity index (χ0) is 15.1. The highest BCUT2D eigenvalue weighted by Crippen LogP contribution is 2.11. The molecule has 1 aromatic rings. The molecule has 0 aliphatic heterocycles. The Labute approximate surface area is 117 Å². The monoisotopic (exact) mass is 279 g/mol. The predicted octanol–water partition coefficient (Wildman–Crippen LogP) is 1.73. The number of nitrogens with one attached hydrogen (secondary N) is 1. The molecule has 6 heteroatoms. The van der Waals surface area contributed by atoms with Crippen molar-refractivity contribution in [2.75, 3.05) is 13.2 Å². The second kappa shape index (κ2) is 7.28. The van der Waals surface area contributed by atoms with Crippen LogP contribution in [0.15, 0.2) is 18.2 Å². The van der Waals surface area contributed by atoms with Gasteiger partial charge in [-0.15, -0.1) is 0 Å². The smallest absolute Gasteiger partial charge is 0.413 e. The Kier molecular flexibility index (Phi) is 5.71. The average molecular weight is 279 g/mol. The van der Waals surface area contributed by atoms with Gasteiger partial charge in [0.1, 0.15) is 0 Å². The summed E-state index contributed by atoms with van der Waals surface area (Å²) in [6, 6.07) is 5.26. The Morgan fingerprint density at radius 3 is 2.45 bits per heavy atom. The average Bonchev–Trinajstić information content (AvgIpc) is 2.36. The minimum absolute atomic E-state index is 0.154. The van der Waals surface area contributed by atoms with Gasteiger partial charge in [-0.3, -0.25) is 10.1 Å². The molecule has 1 rings (SSSR count). The van der Waals surface area contributed by atoms with Crippen molar-refractivity contribution in [2.24, 2.45) is 0 Å². The molecule has 0 unspecified atom stereocenters. The minimum atomic E-state index is -0.861. The molecule has 0 heterocycles. The Bertz CT molecular complexity index is 524. The van der Waals surface area contributed by atoms with Crippen LogP contribution in [0, 0.1) is 13.8 Å². The van der Waals surface area contributed by atoms with E-state index in [2.05, 4.69) is 4.74 Å². The highest BCUT2D eigenvalue weighted by Gasteiger charge is 2.14. The quantitative estimate of drug-likeness (QED) is 0.849. The molecule has 1 aromatic carbocycles. The van der Waals surface area contributed by atoms with E-state index in [0.717, 1.165) is 11.1 Å². The minimum Gasteiger partial charge on any atom is -0.452 e. The summed E-state index contributed by atoms with van der Waals surface area (Å²) in [5.41, 5.74) is 2.18. The number of hydrogen-bond acceptors (Lipinski definition) is 5. The fraction of sp³-hybridized carbons (Fsp3) is 0.357. The molecule has 0 atom stereocenters. The third-order valence-corrected chi connectivity index (χ3v) is 2.45. The number of esters is 1. The molecular weight excluding hydrogens is 262 g/mol. The molecule has 0 aliphatic rings. The molecule has 1 N–H and O–H groups in total. The second-order valence-electron chi connectivity index (χ2n) is 4.16. The molecule has 0 spiro atoms. The number of carbonyl (C=O) groups excluding carboxylic acids is 3. The zero-order valence-corrected chi connectivity index (χ0v) is 11.7. The summed E-state index contributed by atoms with van der Waals surface area (Å²) in [5, 5.41) is 1.93. The Morgan fingerprint density at radius 1 is 1.15 bits per heavy atom. The highest BCUT2D eigenvalue weighted by molar-refractivity contribution is 5.96. The Hall–Kier alpha value is -2.37. The van der Waals surface area contributed by atoms with Crippen molar-refractivity contribution in [3.8, 4) is 0 Å². The summed E-state index contributed by atoms with van der Waals surface area (Å²) >= 11 is 0. The summed E-state index contributed by atoms with van der Waals surface area (Å²) in [7, 11) is 0. The number of hydrogen-bond donors (Lipinski definition) is 1. The maximum Gasteiger partial charge on any atom is 0.413 e. The van der Waals surface area contributed by atoms with Gasteiger partial charge in [0.2, 0.25) is 0 Å². The third-order valence-electron chi connectivity index (χ3n) is 2.45. The van der Waals surface area contributed by atoms with Gasteiger partial charge in [0.05, 0.1) is 12.2 Å². The van der Waals surface area contributed by atoms with E-state index in [1.807, 2.05) is 18.3 Å². The normalized spacial score (nSPS) is 9.75. The second-order valence-corrected chi connectivity index (χ2v) is 4.16. The largest absolute Gasteiger partial charge is 0.452 e. The van der Waals surface area contributed by atoms with Crippen molar-refractivity contribution >= 4 is 18.0 Å². The maximum absolute atomic E-state index is 11.8. The standard InChI is InChI=1S/C14H17NO5/c1-4-19-14(18)15-12(16)8-20-13(17)11-6-5-9(2)7-10(11)3/h5-7H,4,8H2,1-3H3,(H,15,16,18). The van der Waals surface area contributed by atoms with Crippen molar-refractivity contribution in [1.29, 1.82) is 0 Å². The van der Waals surface area contributed by atoms with E-state index in [4.69, 9.17) is 4.74 Å². The van der Waals surface area contributed by atoms with Crippen molar-refractivity contribution < 1.29 is 23.9 Å². The van der Waals surface area contributed by atoms with Gasteiger partial charge in [-0.25, -0.2) is 9.59 Å². The molecule has 0 radical (unpaired) electrons. The summed E-state index contributed by atoms with van der Waals surface area (Å²) in [6.07, 6.45) is -0.861. The molecule has 108 valence electrons. The predicted molar refractivity (Wildman–Crippen MR) is 71.4 cm³/mol. The van der Waals surface area contributed by atoms with Crippen LogP contribution in [-0.4, -0.2) is 31.2 Å². The van der Waals surface area contributed by atoms with Gasteiger partial charge in [-0.1, -0.05) is 17.7 Å². The van der Waals surface area contributed by atoms with Gasteiger partial charge >= 0.3 is 12.1 Å². The van der Waals surface area contributed by atoms with Crippen LogP contribution >= 0.6 is 0 Å². The third kappa shape index (κ3) is 4.72. The summed E-state index contributed by atoms with van der Waals surface area (Å²) in [6.45, 7) is 4.92. The van der Waals surface area contributed by atoms with Gasteiger partial charge in [0.25, 0.3) is 5.91 Å². The maximum atomic E-state index is 11.8. The SMILES string of the molecule is CCOC(=O)NC(=O)COC(=O)c1ccc(C)cc1C. The lowest BCUT2D eigenvalue weighted by Gasteiger charge is -2.08.